The van der Waals surface area contributed by atoms with Gasteiger partial charge in [-0.3, -0.25) is 9.59 Å². The normalized spacial score (nSPS) is 15.2. The van der Waals surface area contributed by atoms with Crippen LogP contribution in [0, 0.1) is 0 Å². The van der Waals surface area contributed by atoms with Crippen LogP contribution in [0.3, 0.4) is 0 Å². The Labute approximate surface area is 182 Å². The lowest BCUT2D eigenvalue weighted by atomic mass is 9.86. The van der Waals surface area contributed by atoms with Crippen LogP contribution in [0.15, 0.2) is 52.4 Å². The van der Waals surface area contributed by atoms with E-state index in [0.717, 1.165) is 5.56 Å². The highest BCUT2D eigenvalue weighted by atomic mass is 32.2. The molecule has 0 saturated heterocycles. The maximum atomic E-state index is 13.0. The molecule has 1 atom stereocenters. The number of anilines is 1. The Balaban J connectivity index is 1.71. The van der Waals surface area contributed by atoms with Gasteiger partial charge in [0.15, 0.2) is 16.7 Å². The molecule has 0 spiro atoms. The Bertz CT molecular complexity index is 1150. The predicted octanol–water partition coefficient (Wildman–Crippen LogP) is 3.26. The molecule has 1 aliphatic heterocycles. The first-order chi connectivity index (χ1) is 15.0. The maximum absolute atomic E-state index is 13.0. The summed E-state index contributed by atoms with van der Waals surface area (Å²) >= 11 is 1.38. The second kappa shape index (κ2) is 8.73. The average Bonchev–Trinajstić information content (AvgIpc) is 2.77. The van der Waals surface area contributed by atoms with Gasteiger partial charge in [-0.15, -0.1) is 0 Å². The number of carbonyl (C=O) groups excluding carboxylic acids is 1. The standard InChI is InChI=1S/C22H21N3O5S/c1-29-15-8-13(9-16(30-2)19(15)27)14-10-17(26)23-20-18(14)21(28)25-22(24-20)31-11-12-6-4-3-5-7-12/h3-9,14,27H,10-11H2,1-2H3,(H2,23,24,25,26,28)/t14-/m0/s1. The maximum Gasteiger partial charge on any atom is 0.257 e. The van der Waals surface area contributed by atoms with Crippen LogP contribution in [0.5, 0.6) is 17.2 Å². The molecule has 2 heterocycles. The minimum Gasteiger partial charge on any atom is -0.502 e. The predicted molar refractivity (Wildman–Crippen MR) is 117 cm³/mol. The SMILES string of the molecule is COc1cc([C@@H]2CC(=O)Nc3nc(SCc4ccccc4)[nH]c(=O)c32)cc(OC)c1O. The molecule has 0 fully saturated rings. The van der Waals surface area contributed by atoms with Crippen molar-refractivity contribution in [2.24, 2.45) is 0 Å². The quantitative estimate of drug-likeness (QED) is 0.399. The third-order valence-electron chi connectivity index (χ3n) is 5.05. The minimum absolute atomic E-state index is 0.0609. The second-order valence-corrected chi connectivity index (χ2v) is 7.95. The van der Waals surface area contributed by atoms with Gasteiger partial charge in [0.25, 0.3) is 5.56 Å². The van der Waals surface area contributed by atoms with Crippen molar-refractivity contribution in [1.29, 1.82) is 0 Å². The number of aromatic amines is 1. The molecule has 4 rings (SSSR count). The zero-order valence-electron chi connectivity index (χ0n) is 17.0. The van der Waals surface area contributed by atoms with Crippen molar-refractivity contribution >= 4 is 23.5 Å². The summed E-state index contributed by atoms with van der Waals surface area (Å²) in [6, 6.07) is 13.0. The van der Waals surface area contributed by atoms with Gasteiger partial charge in [-0.2, -0.15) is 0 Å². The van der Waals surface area contributed by atoms with Crippen molar-refractivity contribution in [1.82, 2.24) is 9.97 Å². The van der Waals surface area contributed by atoms with E-state index in [1.807, 2.05) is 30.3 Å². The van der Waals surface area contributed by atoms with E-state index in [2.05, 4.69) is 15.3 Å². The van der Waals surface area contributed by atoms with Gasteiger partial charge in [-0.25, -0.2) is 4.98 Å². The molecule has 1 aromatic heterocycles. The van der Waals surface area contributed by atoms with Crippen molar-refractivity contribution < 1.29 is 19.4 Å². The molecule has 160 valence electrons. The second-order valence-electron chi connectivity index (χ2n) is 6.99. The smallest absolute Gasteiger partial charge is 0.257 e. The topological polar surface area (TPSA) is 114 Å². The van der Waals surface area contributed by atoms with Gasteiger partial charge in [-0.05, 0) is 23.3 Å². The van der Waals surface area contributed by atoms with Crippen LogP contribution in [-0.4, -0.2) is 35.2 Å². The van der Waals surface area contributed by atoms with Gasteiger partial charge in [-0.1, -0.05) is 42.1 Å². The lowest BCUT2D eigenvalue weighted by Gasteiger charge is -2.25. The fourth-order valence-corrected chi connectivity index (χ4v) is 4.36. The lowest BCUT2D eigenvalue weighted by Crippen LogP contribution is -2.31. The summed E-state index contributed by atoms with van der Waals surface area (Å²) in [5.41, 5.74) is 1.74. The molecule has 1 amide bonds. The number of amides is 1. The van der Waals surface area contributed by atoms with Gasteiger partial charge in [0.1, 0.15) is 5.82 Å². The number of nitrogens with one attached hydrogen (secondary N) is 2. The number of hydrogen-bond donors (Lipinski definition) is 3. The van der Waals surface area contributed by atoms with Gasteiger partial charge in [0.05, 0.1) is 19.8 Å². The number of methoxy groups -OCH3 is 2. The fraction of sp³-hybridized carbons (Fsp3) is 0.227. The Morgan fingerprint density at radius 3 is 2.45 bits per heavy atom. The van der Waals surface area contributed by atoms with Crippen LogP contribution in [0.2, 0.25) is 0 Å². The van der Waals surface area contributed by atoms with E-state index in [1.165, 1.54) is 26.0 Å². The molecular weight excluding hydrogens is 418 g/mol. The highest BCUT2D eigenvalue weighted by molar-refractivity contribution is 7.98. The van der Waals surface area contributed by atoms with E-state index in [0.29, 0.717) is 22.0 Å². The molecule has 0 radical (unpaired) electrons. The minimum atomic E-state index is -0.559. The zero-order chi connectivity index (χ0) is 22.0. The van der Waals surface area contributed by atoms with E-state index in [9.17, 15) is 14.7 Å². The summed E-state index contributed by atoms with van der Waals surface area (Å²) in [6.45, 7) is 0. The first-order valence-corrected chi connectivity index (χ1v) is 10.5. The number of hydrogen-bond acceptors (Lipinski definition) is 7. The van der Waals surface area contributed by atoms with Gasteiger partial charge in [0.2, 0.25) is 11.7 Å². The number of carbonyl (C=O) groups is 1. The molecule has 2 aromatic carbocycles. The number of H-pyrrole nitrogens is 1. The first-order valence-electron chi connectivity index (χ1n) is 9.55. The molecule has 31 heavy (non-hydrogen) atoms. The van der Waals surface area contributed by atoms with Crippen molar-refractivity contribution in [3.63, 3.8) is 0 Å². The molecular formula is C22H21N3O5S. The molecule has 3 N–H and O–H groups in total. The highest BCUT2D eigenvalue weighted by Crippen LogP contribution is 2.43. The van der Waals surface area contributed by atoms with Crippen molar-refractivity contribution in [2.45, 2.75) is 23.2 Å². The number of phenols is 1. The Morgan fingerprint density at radius 2 is 1.81 bits per heavy atom. The Hall–Kier alpha value is -3.46. The van der Waals surface area contributed by atoms with Crippen LogP contribution < -0.4 is 20.3 Å². The molecule has 0 aliphatic carbocycles. The number of nitrogens with zero attached hydrogens (tertiary/aromatic N) is 1. The number of aromatic nitrogens is 2. The highest BCUT2D eigenvalue weighted by Gasteiger charge is 2.32. The largest absolute Gasteiger partial charge is 0.502 e. The van der Waals surface area contributed by atoms with Gasteiger partial charge >= 0.3 is 0 Å². The van der Waals surface area contributed by atoms with E-state index in [1.54, 1.807) is 12.1 Å². The number of phenolic OH excluding ortho intramolecular Hbond substituents is 1. The summed E-state index contributed by atoms with van der Waals surface area (Å²) in [4.78, 5) is 32.7. The van der Waals surface area contributed by atoms with Gasteiger partial charge in [0, 0.05) is 18.1 Å². The van der Waals surface area contributed by atoms with E-state index >= 15 is 0 Å². The molecule has 0 unspecified atom stereocenters. The average molecular weight is 439 g/mol. The molecule has 1 aliphatic rings. The summed E-state index contributed by atoms with van der Waals surface area (Å²) in [6.07, 6.45) is 0.0609. The summed E-state index contributed by atoms with van der Waals surface area (Å²) in [5.74, 6) is 0.312. The third-order valence-corrected chi connectivity index (χ3v) is 6.00. The monoisotopic (exact) mass is 439 g/mol. The summed E-state index contributed by atoms with van der Waals surface area (Å²) in [7, 11) is 2.84. The molecule has 9 heteroatoms. The first kappa shape index (κ1) is 20.8. The number of ether oxygens (including phenoxy) is 2. The number of aromatic hydroxyl groups is 1. The number of rotatable bonds is 6. The van der Waals surface area contributed by atoms with Crippen LogP contribution in [0.4, 0.5) is 5.82 Å². The Morgan fingerprint density at radius 1 is 1.13 bits per heavy atom. The van der Waals surface area contributed by atoms with Crippen molar-refractivity contribution in [2.75, 3.05) is 19.5 Å². The summed E-state index contributed by atoms with van der Waals surface area (Å²) < 4.78 is 10.4. The number of thioether (sulfide) groups is 1. The zero-order valence-corrected chi connectivity index (χ0v) is 17.8. The van der Waals surface area contributed by atoms with Crippen LogP contribution in [0.1, 0.15) is 29.0 Å². The summed E-state index contributed by atoms with van der Waals surface area (Å²) in [5, 5.41) is 13.3. The number of benzene rings is 2. The van der Waals surface area contributed by atoms with Crippen LogP contribution in [-0.2, 0) is 10.5 Å². The fourth-order valence-electron chi connectivity index (χ4n) is 3.54. The van der Waals surface area contributed by atoms with Crippen LogP contribution in [0.25, 0.3) is 0 Å². The van der Waals surface area contributed by atoms with E-state index in [-0.39, 0.29) is 41.0 Å². The molecule has 8 nitrogen and oxygen atoms in total. The van der Waals surface area contributed by atoms with E-state index < -0.39 is 5.92 Å². The molecule has 0 saturated carbocycles. The molecule has 0 bridgehead atoms. The third kappa shape index (κ3) is 4.22. The Kier molecular flexibility index (Phi) is 5.85. The van der Waals surface area contributed by atoms with Crippen LogP contribution >= 0.6 is 11.8 Å². The van der Waals surface area contributed by atoms with Crippen molar-refractivity contribution in [3.8, 4) is 17.2 Å². The van der Waals surface area contributed by atoms with Crippen molar-refractivity contribution in [3.05, 3.63) is 69.5 Å². The van der Waals surface area contributed by atoms with E-state index in [4.69, 9.17) is 9.47 Å². The lowest BCUT2D eigenvalue weighted by molar-refractivity contribution is -0.116. The number of fused-ring (bicyclic) bond motifs is 1. The van der Waals surface area contributed by atoms with Gasteiger partial charge < -0.3 is 24.9 Å². The molecule has 3 aromatic rings.